The predicted molar refractivity (Wildman–Crippen MR) is 89.9 cm³/mol. The van der Waals surface area contributed by atoms with Gasteiger partial charge in [0.15, 0.2) is 5.82 Å². The highest BCUT2D eigenvalue weighted by atomic mass is 35.5. The van der Waals surface area contributed by atoms with Crippen molar-refractivity contribution in [2.75, 3.05) is 0 Å². The molecule has 4 nitrogen and oxygen atoms in total. The van der Waals surface area contributed by atoms with Crippen molar-refractivity contribution in [1.29, 1.82) is 0 Å². The lowest BCUT2D eigenvalue weighted by Crippen LogP contribution is -1.88. The molecule has 0 aliphatic carbocycles. The van der Waals surface area contributed by atoms with Crippen molar-refractivity contribution in [2.24, 2.45) is 10.2 Å². The van der Waals surface area contributed by atoms with Gasteiger partial charge in [0.1, 0.15) is 11.5 Å². The Balaban J connectivity index is 2.10. The van der Waals surface area contributed by atoms with E-state index in [1.54, 1.807) is 28.7 Å². The Hall–Kier alpha value is -1.98. The number of pyridine rings is 1. The van der Waals surface area contributed by atoms with Crippen molar-refractivity contribution >= 4 is 40.4 Å². The summed E-state index contributed by atoms with van der Waals surface area (Å²) in [4.78, 5) is 4.49. The van der Waals surface area contributed by atoms with Crippen molar-refractivity contribution in [2.45, 2.75) is 19.8 Å². The van der Waals surface area contributed by atoms with Crippen LogP contribution in [0.4, 0.5) is 15.9 Å². The highest BCUT2D eigenvalue weighted by molar-refractivity contribution is 6.42. The molecule has 0 atom stereocenters. The van der Waals surface area contributed by atoms with Crippen molar-refractivity contribution in [1.82, 2.24) is 9.38 Å². The first-order chi connectivity index (χ1) is 11.0. The normalized spacial score (nSPS) is 11.9. The molecule has 0 unspecified atom stereocenters. The third-order valence-electron chi connectivity index (χ3n) is 3.29. The van der Waals surface area contributed by atoms with Crippen LogP contribution in [0.3, 0.4) is 0 Å². The third-order valence-corrected chi connectivity index (χ3v) is 4.03. The average Bonchev–Trinajstić information content (AvgIpc) is 2.86. The standard InChI is InChI=1S/C16H13Cl2FN4/c1-9(2)15-16(23-8-10(19)3-6-14(23)20-15)22-21-11-4-5-12(17)13(18)7-11/h3-9H,1-2H3. The van der Waals surface area contributed by atoms with E-state index in [1.807, 2.05) is 13.8 Å². The topological polar surface area (TPSA) is 42.0 Å². The first-order valence-corrected chi connectivity index (χ1v) is 7.75. The molecule has 0 N–H and O–H groups in total. The molecule has 0 amide bonds. The smallest absolute Gasteiger partial charge is 0.183 e. The molecule has 0 radical (unpaired) electrons. The van der Waals surface area contributed by atoms with Crippen molar-refractivity contribution in [3.8, 4) is 0 Å². The summed E-state index contributed by atoms with van der Waals surface area (Å²) in [6.45, 7) is 3.99. The molecular formula is C16H13Cl2FN4. The number of rotatable bonds is 3. The van der Waals surface area contributed by atoms with E-state index in [1.165, 1.54) is 12.3 Å². The van der Waals surface area contributed by atoms with Gasteiger partial charge in [-0.05, 0) is 36.2 Å². The van der Waals surface area contributed by atoms with E-state index in [4.69, 9.17) is 23.2 Å². The van der Waals surface area contributed by atoms with Gasteiger partial charge in [0, 0.05) is 6.20 Å². The predicted octanol–water partition coefficient (Wildman–Crippen LogP) is 6.32. The Labute approximate surface area is 142 Å². The van der Waals surface area contributed by atoms with Gasteiger partial charge in [0.2, 0.25) is 0 Å². The lowest BCUT2D eigenvalue weighted by Gasteiger charge is -2.02. The highest BCUT2D eigenvalue weighted by Crippen LogP contribution is 2.31. The molecule has 3 aromatic rings. The molecule has 3 rings (SSSR count). The first-order valence-electron chi connectivity index (χ1n) is 7.00. The fraction of sp³-hybridized carbons (Fsp3) is 0.188. The third kappa shape index (κ3) is 3.21. The van der Waals surface area contributed by atoms with Crippen LogP contribution >= 0.6 is 23.2 Å². The summed E-state index contributed by atoms with van der Waals surface area (Å²) < 4.78 is 15.1. The van der Waals surface area contributed by atoms with Crippen LogP contribution < -0.4 is 0 Å². The SMILES string of the molecule is CC(C)c1nc2ccc(F)cn2c1N=Nc1ccc(Cl)c(Cl)c1. The number of halogens is 3. The van der Waals surface area contributed by atoms with E-state index < -0.39 is 0 Å². The molecule has 2 heterocycles. The Morgan fingerprint density at radius 2 is 1.87 bits per heavy atom. The van der Waals surface area contributed by atoms with Crippen LogP contribution in [0.15, 0.2) is 46.8 Å². The maximum absolute atomic E-state index is 13.5. The highest BCUT2D eigenvalue weighted by Gasteiger charge is 2.15. The number of imidazole rings is 1. The van der Waals surface area contributed by atoms with Gasteiger partial charge in [0.25, 0.3) is 0 Å². The molecule has 0 spiro atoms. The molecule has 0 saturated heterocycles. The zero-order valence-corrected chi connectivity index (χ0v) is 14.0. The molecule has 0 saturated carbocycles. The second-order valence-corrected chi connectivity index (χ2v) is 6.16. The largest absolute Gasteiger partial charge is 0.280 e. The Kier molecular flexibility index (Phi) is 4.33. The molecule has 0 bridgehead atoms. The van der Waals surface area contributed by atoms with Gasteiger partial charge in [-0.3, -0.25) is 4.40 Å². The van der Waals surface area contributed by atoms with Crippen LogP contribution in [0, 0.1) is 5.82 Å². The number of benzene rings is 1. The van der Waals surface area contributed by atoms with Gasteiger partial charge in [-0.25, -0.2) is 9.37 Å². The van der Waals surface area contributed by atoms with Gasteiger partial charge in [-0.15, -0.1) is 10.2 Å². The number of azo groups is 1. The zero-order chi connectivity index (χ0) is 16.6. The van der Waals surface area contributed by atoms with Crippen LogP contribution in [0.5, 0.6) is 0 Å². The van der Waals surface area contributed by atoms with Gasteiger partial charge < -0.3 is 0 Å². The Bertz CT molecular complexity index is 902. The summed E-state index contributed by atoms with van der Waals surface area (Å²) in [5.74, 6) is 0.262. The minimum Gasteiger partial charge on any atom is -0.280 e. The molecule has 118 valence electrons. The summed E-state index contributed by atoms with van der Waals surface area (Å²) in [5, 5.41) is 9.28. The van der Waals surface area contributed by atoms with E-state index in [2.05, 4.69) is 15.2 Å². The Morgan fingerprint density at radius 1 is 1.09 bits per heavy atom. The molecule has 1 aromatic carbocycles. The lowest BCUT2D eigenvalue weighted by molar-refractivity contribution is 0.619. The fourth-order valence-electron chi connectivity index (χ4n) is 2.16. The number of hydrogen-bond acceptors (Lipinski definition) is 3. The number of nitrogens with zero attached hydrogens (tertiary/aromatic N) is 4. The fourth-order valence-corrected chi connectivity index (χ4v) is 2.46. The van der Waals surface area contributed by atoms with Crippen LogP contribution in [0.2, 0.25) is 10.0 Å². The monoisotopic (exact) mass is 350 g/mol. The van der Waals surface area contributed by atoms with Crippen LogP contribution in [-0.4, -0.2) is 9.38 Å². The number of hydrogen-bond donors (Lipinski definition) is 0. The van der Waals surface area contributed by atoms with E-state index in [9.17, 15) is 4.39 Å². The second-order valence-electron chi connectivity index (χ2n) is 5.35. The second kappa shape index (κ2) is 6.26. The maximum atomic E-state index is 13.5. The van der Waals surface area contributed by atoms with E-state index >= 15 is 0 Å². The molecular weight excluding hydrogens is 338 g/mol. The lowest BCUT2D eigenvalue weighted by atomic mass is 10.1. The van der Waals surface area contributed by atoms with Crippen LogP contribution in [0.25, 0.3) is 5.65 Å². The van der Waals surface area contributed by atoms with E-state index in [-0.39, 0.29) is 11.7 Å². The molecule has 23 heavy (non-hydrogen) atoms. The first kappa shape index (κ1) is 15.9. The van der Waals surface area contributed by atoms with Gasteiger partial charge in [-0.2, -0.15) is 0 Å². The van der Waals surface area contributed by atoms with Crippen molar-refractivity contribution in [3.63, 3.8) is 0 Å². The van der Waals surface area contributed by atoms with Crippen molar-refractivity contribution < 1.29 is 4.39 Å². The summed E-state index contributed by atoms with van der Waals surface area (Å²) in [6.07, 6.45) is 1.34. The summed E-state index contributed by atoms with van der Waals surface area (Å²) in [7, 11) is 0. The molecule has 0 aliphatic rings. The zero-order valence-electron chi connectivity index (χ0n) is 12.5. The van der Waals surface area contributed by atoms with Gasteiger partial charge in [0.05, 0.1) is 21.4 Å². The molecule has 7 heteroatoms. The average molecular weight is 351 g/mol. The van der Waals surface area contributed by atoms with Crippen molar-refractivity contribution in [3.05, 3.63) is 58.1 Å². The van der Waals surface area contributed by atoms with E-state index in [0.717, 1.165) is 5.69 Å². The number of aromatic nitrogens is 2. The Morgan fingerprint density at radius 3 is 2.57 bits per heavy atom. The van der Waals surface area contributed by atoms with E-state index in [0.29, 0.717) is 27.2 Å². The molecule has 2 aromatic heterocycles. The van der Waals surface area contributed by atoms with Crippen LogP contribution in [-0.2, 0) is 0 Å². The summed E-state index contributed by atoms with van der Waals surface area (Å²) in [5.41, 5.74) is 1.93. The minimum absolute atomic E-state index is 0.126. The van der Waals surface area contributed by atoms with Gasteiger partial charge >= 0.3 is 0 Å². The molecule has 0 aliphatic heterocycles. The minimum atomic E-state index is -0.365. The summed E-state index contributed by atoms with van der Waals surface area (Å²) in [6, 6.07) is 7.95. The quantitative estimate of drug-likeness (QED) is 0.509. The summed E-state index contributed by atoms with van der Waals surface area (Å²) >= 11 is 11.9. The van der Waals surface area contributed by atoms with Gasteiger partial charge in [-0.1, -0.05) is 37.0 Å². The number of fused-ring (bicyclic) bond motifs is 1. The van der Waals surface area contributed by atoms with Crippen LogP contribution in [0.1, 0.15) is 25.5 Å². The maximum Gasteiger partial charge on any atom is 0.183 e. The molecule has 0 fully saturated rings.